The molecule has 4 atom stereocenters. The predicted octanol–water partition coefficient (Wildman–Crippen LogP) is -2.99. The topological polar surface area (TPSA) is 217 Å². The highest BCUT2D eigenvalue weighted by molar-refractivity contribution is 5.94. The van der Waals surface area contributed by atoms with Gasteiger partial charge in [0.2, 0.25) is 23.6 Å². The summed E-state index contributed by atoms with van der Waals surface area (Å²) in [6.45, 7) is 1.51. The first-order valence-corrected chi connectivity index (χ1v) is 11.0. The zero-order valence-corrected chi connectivity index (χ0v) is 18.9. The van der Waals surface area contributed by atoms with Crippen molar-refractivity contribution >= 4 is 29.6 Å². The maximum Gasteiger partial charge on any atom is 0.305 e. The van der Waals surface area contributed by atoms with Crippen molar-refractivity contribution in [1.82, 2.24) is 20.9 Å². The van der Waals surface area contributed by atoms with Crippen molar-refractivity contribution in [2.45, 2.75) is 69.6 Å². The van der Waals surface area contributed by atoms with Crippen LogP contribution in [0.25, 0.3) is 0 Å². The normalized spacial score (nSPS) is 18.3. The lowest BCUT2D eigenvalue weighted by molar-refractivity contribution is -0.142. The van der Waals surface area contributed by atoms with Crippen molar-refractivity contribution in [1.29, 1.82) is 0 Å². The Morgan fingerprint density at radius 2 is 1.82 bits per heavy atom. The number of carboxylic acids is 1. The molecule has 0 aromatic carbocycles. The second-order valence-corrected chi connectivity index (χ2v) is 8.08. The summed E-state index contributed by atoms with van der Waals surface area (Å²) in [5.74, 6) is -3.44. The first kappa shape index (κ1) is 28.3. The van der Waals surface area contributed by atoms with Crippen molar-refractivity contribution < 1.29 is 34.2 Å². The van der Waals surface area contributed by atoms with Crippen LogP contribution >= 0.6 is 0 Å². The maximum atomic E-state index is 13.1. The molecule has 0 unspecified atom stereocenters. The van der Waals surface area contributed by atoms with Crippen LogP contribution in [-0.2, 0) is 24.0 Å². The fraction of sp³-hybridized carbons (Fsp3) is 0.750. The van der Waals surface area contributed by atoms with Gasteiger partial charge >= 0.3 is 5.97 Å². The molecule has 1 fully saturated rings. The molecule has 0 bridgehead atoms. The number of likely N-dealkylation sites (tertiary alicyclic amines) is 1. The molecule has 188 valence electrons. The summed E-state index contributed by atoms with van der Waals surface area (Å²) in [6, 6.07) is -3.68. The zero-order valence-electron chi connectivity index (χ0n) is 18.9. The van der Waals surface area contributed by atoms with Gasteiger partial charge in [0.15, 0.2) is 0 Å². The van der Waals surface area contributed by atoms with Gasteiger partial charge in [-0.25, -0.2) is 0 Å². The third kappa shape index (κ3) is 9.72. The lowest BCUT2D eigenvalue weighted by atomic mass is 10.1. The van der Waals surface area contributed by atoms with E-state index in [4.69, 9.17) is 11.5 Å². The van der Waals surface area contributed by atoms with Gasteiger partial charge in [0.05, 0.1) is 25.1 Å². The van der Waals surface area contributed by atoms with Crippen molar-refractivity contribution in [2.75, 3.05) is 26.2 Å². The molecule has 0 spiro atoms. The van der Waals surface area contributed by atoms with E-state index in [1.807, 2.05) is 0 Å². The van der Waals surface area contributed by atoms with Crippen LogP contribution < -0.4 is 27.4 Å². The summed E-state index contributed by atoms with van der Waals surface area (Å²) in [5.41, 5.74) is 10.9. The molecule has 0 saturated carbocycles. The van der Waals surface area contributed by atoms with E-state index in [0.717, 1.165) is 0 Å². The largest absolute Gasteiger partial charge is 0.481 e. The van der Waals surface area contributed by atoms with Crippen molar-refractivity contribution in [3.63, 3.8) is 0 Å². The molecule has 13 heteroatoms. The Labute approximate surface area is 192 Å². The Morgan fingerprint density at radius 1 is 1.12 bits per heavy atom. The molecule has 1 rings (SSSR count). The molecule has 13 nitrogen and oxygen atoms in total. The van der Waals surface area contributed by atoms with Crippen LogP contribution in [0, 0.1) is 0 Å². The standard InChI is InChI=1S/C20H36N6O7/c1-12(28)24-13(11-27)10-23-15(9-17(29)30)19(32)25-14(5-2-3-7-21)20(33)26-8-4-6-16(26)18(22)31/h13-16,23,27H,2-11,21H2,1H3,(H2,22,31)(H,24,28)(H,25,32)(H,29,30)/t13-,14+,15+,16+/m1/s1. The highest BCUT2D eigenvalue weighted by Crippen LogP contribution is 2.19. The zero-order chi connectivity index (χ0) is 25.0. The van der Waals surface area contributed by atoms with Gasteiger partial charge in [-0.2, -0.15) is 0 Å². The fourth-order valence-corrected chi connectivity index (χ4v) is 3.71. The number of nitrogens with one attached hydrogen (secondary N) is 3. The summed E-state index contributed by atoms with van der Waals surface area (Å²) in [5, 5.41) is 26.4. The molecule has 4 amide bonds. The summed E-state index contributed by atoms with van der Waals surface area (Å²) in [7, 11) is 0. The van der Waals surface area contributed by atoms with Crippen LogP contribution in [0.4, 0.5) is 0 Å². The number of carboxylic acid groups (broad SMARTS) is 1. The third-order valence-electron chi connectivity index (χ3n) is 5.36. The Balaban J connectivity index is 2.94. The fourth-order valence-electron chi connectivity index (χ4n) is 3.71. The van der Waals surface area contributed by atoms with Gasteiger partial charge in [-0.3, -0.25) is 24.0 Å². The third-order valence-corrected chi connectivity index (χ3v) is 5.36. The number of aliphatic hydroxyl groups is 1. The van der Waals surface area contributed by atoms with Crippen LogP contribution in [0.3, 0.4) is 0 Å². The van der Waals surface area contributed by atoms with E-state index < -0.39 is 66.8 Å². The van der Waals surface area contributed by atoms with Gasteiger partial charge in [0, 0.05) is 20.0 Å². The Hall–Kier alpha value is -2.77. The lowest BCUT2D eigenvalue weighted by Crippen LogP contribution is -2.57. The Kier molecular flexibility index (Phi) is 12.3. The Morgan fingerprint density at radius 3 is 2.36 bits per heavy atom. The van der Waals surface area contributed by atoms with Crippen molar-refractivity contribution in [2.24, 2.45) is 11.5 Å². The van der Waals surface area contributed by atoms with Gasteiger partial charge in [-0.15, -0.1) is 0 Å². The van der Waals surface area contributed by atoms with Gasteiger partial charge < -0.3 is 42.5 Å². The molecule has 0 radical (unpaired) electrons. The molecular formula is C20H36N6O7. The Bertz CT molecular complexity index is 704. The SMILES string of the molecule is CC(=O)N[C@@H](CO)CN[C@@H](CC(=O)O)C(=O)N[C@@H](CCCCN)C(=O)N1CCC[C@H]1C(N)=O. The second kappa shape index (κ2) is 14.4. The second-order valence-electron chi connectivity index (χ2n) is 8.08. The van der Waals surface area contributed by atoms with E-state index in [9.17, 15) is 34.2 Å². The van der Waals surface area contributed by atoms with E-state index in [0.29, 0.717) is 38.8 Å². The predicted molar refractivity (Wildman–Crippen MR) is 117 cm³/mol. The minimum atomic E-state index is -1.25. The van der Waals surface area contributed by atoms with Crippen molar-refractivity contribution in [3.05, 3.63) is 0 Å². The van der Waals surface area contributed by atoms with Crippen LogP contribution in [0.5, 0.6) is 0 Å². The summed E-state index contributed by atoms with van der Waals surface area (Å²) in [6.07, 6.45) is 1.88. The number of hydrogen-bond donors (Lipinski definition) is 7. The number of amides is 4. The average Bonchev–Trinajstić information content (AvgIpc) is 3.24. The van der Waals surface area contributed by atoms with Gasteiger partial charge in [0.1, 0.15) is 12.1 Å². The number of rotatable bonds is 15. The molecule has 0 aromatic rings. The molecule has 33 heavy (non-hydrogen) atoms. The monoisotopic (exact) mass is 472 g/mol. The molecule has 1 heterocycles. The summed E-state index contributed by atoms with van der Waals surface area (Å²) < 4.78 is 0. The molecule has 0 aliphatic carbocycles. The molecule has 9 N–H and O–H groups in total. The van der Waals surface area contributed by atoms with E-state index in [1.165, 1.54) is 11.8 Å². The van der Waals surface area contributed by atoms with Gasteiger partial charge in [-0.05, 0) is 38.6 Å². The highest BCUT2D eigenvalue weighted by Gasteiger charge is 2.37. The molecule has 1 saturated heterocycles. The molecular weight excluding hydrogens is 436 g/mol. The van der Waals surface area contributed by atoms with E-state index in [-0.39, 0.29) is 13.0 Å². The van der Waals surface area contributed by atoms with E-state index in [2.05, 4.69) is 16.0 Å². The first-order valence-electron chi connectivity index (χ1n) is 11.0. The van der Waals surface area contributed by atoms with Crippen molar-refractivity contribution in [3.8, 4) is 0 Å². The van der Waals surface area contributed by atoms with Gasteiger partial charge in [-0.1, -0.05) is 0 Å². The number of unbranched alkanes of at least 4 members (excludes halogenated alkanes) is 1. The number of carbonyl (C=O) groups excluding carboxylic acids is 4. The summed E-state index contributed by atoms with van der Waals surface area (Å²) >= 11 is 0. The first-order chi connectivity index (χ1) is 15.6. The molecule has 1 aliphatic heterocycles. The highest BCUT2D eigenvalue weighted by atomic mass is 16.4. The van der Waals surface area contributed by atoms with Crippen LogP contribution in [0.2, 0.25) is 0 Å². The minimum Gasteiger partial charge on any atom is -0.481 e. The van der Waals surface area contributed by atoms with Gasteiger partial charge in [0.25, 0.3) is 0 Å². The molecule has 1 aliphatic rings. The lowest BCUT2D eigenvalue weighted by Gasteiger charge is -2.29. The number of hydrogen-bond acceptors (Lipinski definition) is 8. The number of aliphatic hydroxyl groups excluding tert-OH is 1. The maximum absolute atomic E-state index is 13.1. The smallest absolute Gasteiger partial charge is 0.305 e. The average molecular weight is 473 g/mol. The number of nitrogens with two attached hydrogens (primary N) is 2. The minimum absolute atomic E-state index is 0.0664. The number of nitrogens with zero attached hydrogens (tertiary/aromatic N) is 1. The van der Waals surface area contributed by atoms with E-state index >= 15 is 0 Å². The molecule has 0 aromatic heterocycles. The number of carbonyl (C=O) groups is 5. The van der Waals surface area contributed by atoms with E-state index in [1.54, 1.807) is 0 Å². The number of aliphatic carboxylic acids is 1. The number of primary amides is 1. The van der Waals surface area contributed by atoms with Crippen LogP contribution in [0.15, 0.2) is 0 Å². The van der Waals surface area contributed by atoms with Crippen LogP contribution in [0.1, 0.15) is 45.4 Å². The van der Waals surface area contributed by atoms with Crippen LogP contribution in [-0.4, -0.2) is 95.1 Å². The quantitative estimate of drug-likeness (QED) is 0.121. The summed E-state index contributed by atoms with van der Waals surface area (Å²) in [4.78, 5) is 61.6.